The summed E-state index contributed by atoms with van der Waals surface area (Å²) < 4.78 is 13.4. The summed E-state index contributed by atoms with van der Waals surface area (Å²) in [6, 6.07) is 2.56. The highest BCUT2D eigenvalue weighted by Crippen LogP contribution is 2.21. The molecular weight excluding hydrogens is 225 g/mol. The minimum absolute atomic E-state index is 0.134. The van der Waals surface area contributed by atoms with Crippen LogP contribution < -0.4 is 16.8 Å². The number of nitrogens with one attached hydrogen (secondary N) is 1. The van der Waals surface area contributed by atoms with Crippen molar-refractivity contribution in [1.82, 2.24) is 0 Å². The van der Waals surface area contributed by atoms with E-state index in [9.17, 15) is 14.0 Å². The van der Waals surface area contributed by atoms with Gasteiger partial charge in [0.1, 0.15) is 11.9 Å². The molecule has 0 saturated heterocycles. The van der Waals surface area contributed by atoms with Gasteiger partial charge in [0.25, 0.3) is 0 Å². The lowest BCUT2D eigenvalue weighted by Crippen LogP contribution is -2.65. The third-order valence-corrected chi connectivity index (χ3v) is 2.76. The second-order valence-corrected chi connectivity index (χ2v) is 3.89. The van der Waals surface area contributed by atoms with E-state index >= 15 is 0 Å². The molecule has 2 atom stereocenters. The quantitative estimate of drug-likeness (QED) is 0.618. The minimum atomic E-state index is -0.900. The first-order chi connectivity index (χ1) is 8.04. The van der Waals surface area contributed by atoms with Crippen LogP contribution in [0, 0.1) is 5.82 Å². The molecule has 2 unspecified atom stereocenters. The molecule has 1 aliphatic rings. The van der Waals surface area contributed by atoms with Crippen LogP contribution in [-0.2, 0) is 16.1 Å². The lowest BCUT2D eigenvalue weighted by atomic mass is 9.83. The van der Waals surface area contributed by atoms with Crippen molar-refractivity contribution in [2.24, 2.45) is 11.5 Å². The van der Waals surface area contributed by atoms with Gasteiger partial charge in [-0.1, -0.05) is 6.07 Å². The molecule has 0 spiro atoms. The fourth-order valence-electron chi connectivity index (χ4n) is 1.67. The number of carbonyl (C=O) groups excluding carboxylic acids is 2. The second kappa shape index (κ2) is 4.23. The van der Waals surface area contributed by atoms with Crippen molar-refractivity contribution in [3.63, 3.8) is 0 Å². The molecule has 0 heterocycles. The molecule has 1 fully saturated rings. The Morgan fingerprint density at radius 2 is 2.00 bits per heavy atom. The summed E-state index contributed by atoms with van der Waals surface area (Å²) >= 11 is 0. The lowest BCUT2D eigenvalue weighted by Gasteiger charge is -2.31. The number of halogens is 1. The Bertz CT molecular complexity index is 490. The van der Waals surface area contributed by atoms with Gasteiger partial charge >= 0.3 is 0 Å². The summed E-state index contributed by atoms with van der Waals surface area (Å²) in [6.07, 6.45) is 0. The van der Waals surface area contributed by atoms with Crippen LogP contribution in [0.15, 0.2) is 18.2 Å². The van der Waals surface area contributed by atoms with Crippen molar-refractivity contribution in [2.45, 2.75) is 18.6 Å². The van der Waals surface area contributed by atoms with E-state index in [1.165, 1.54) is 12.1 Å². The number of hydrogen-bond donors (Lipinski definition) is 3. The van der Waals surface area contributed by atoms with Gasteiger partial charge in [0, 0.05) is 6.54 Å². The van der Waals surface area contributed by atoms with Gasteiger partial charge in [0.15, 0.2) is 0 Å². The highest BCUT2D eigenvalue weighted by atomic mass is 19.1. The Labute approximate surface area is 97.0 Å². The molecule has 1 saturated carbocycles. The van der Waals surface area contributed by atoms with Crippen LogP contribution in [0.3, 0.4) is 0 Å². The highest BCUT2D eigenvalue weighted by Gasteiger charge is 2.46. The van der Waals surface area contributed by atoms with Crippen LogP contribution in [0.5, 0.6) is 0 Å². The Kier molecular flexibility index (Phi) is 2.91. The number of nitrogens with two attached hydrogens (primary N) is 2. The third kappa shape index (κ3) is 1.92. The average molecular weight is 237 g/mol. The smallest absolute Gasteiger partial charge is 0.224 e. The normalized spacial score (nSPS) is 23.5. The standard InChI is InChI=1S/C11H12FN3O2/c12-6-2-1-5(4-13)3-7(6)15-9-8(14)10(16)11(9)17/h1-3,8-9,15H,4,13-14H2. The number of hydrogen-bond acceptors (Lipinski definition) is 5. The Morgan fingerprint density at radius 1 is 1.29 bits per heavy atom. The van der Waals surface area contributed by atoms with E-state index in [0.29, 0.717) is 0 Å². The first-order valence-corrected chi connectivity index (χ1v) is 5.13. The van der Waals surface area contributed by atoms with Crippen LogP contribution >= 0.6 is 0 Å². The number of carbonyl (C=O) groups is 2. The summed E-state index contributed by atoms with van der Waals surface area (Å²) in [5, 5.41) is 2.63. The predicted molar refractivity (Wildman–Crippen MR) is 59.7 cm³/mol. The summed E-state index contributed by atoms with van der Waals surface area (Å²) in [6.45, 7) is 0.262. The maximum atomic E-state index is 13.4. The molecule has 1 aromatic rings. The molecule has 17 heavy (non-hydrogen) atoms. The fourth-order valence-corrected chi connectivity index (χ4v) is 1.67. The largest absolute Gasteiger partial charge is 0.371 e. The second-order valence-electron chi connectivity index (χ2n) is 3.89. The molecule has 0 bridgehead atoms. The number of anilines is 1. The van der Waals surface area contributed by atoms with Crippen LogP contribution in [0.25, 0.3) is 0 Å². The van der Waals surface area contributed by atoms with Gasteiger partial charge in [-0.05, 0) is 17.7 Å². The first kappa shape index (κ1) is 11.7. The monoisotopic (exact) mass is 237 g/mol. The van der Waals surface area contributed by atoms with Crippen molar-refractivity contribution in [3.8, 4) is 0 Å². The van der Waals surface area contributed by atoms with Gasteiger partial charge in [-0.2, -0.15) is 0 Å². The van der Waals surface area contributed by atoms with Crippen molar-refractivity contribution < 1.29 is 14.0 Å². The van der Waals surface area contributed by atoms with E-state index in [0.717, 1.165) is 5.56 Å². The molecule has 5 N–H and O–H groups in total. The molecular formula is C11H12FN3O2. The van der Waals surface area contributed by atoms with E-state index in [1.807, 2.05) is 0 Å². The van der Waals surface area contributed by atoms with Gasteiger partial charge in [-0.15, -0.1) is 0 Å². The Hall–Kier alpha value is -1.79. The molecule has 0 radical (unpaired) electrons. The Balaban J connectivity index is 2.19. The number of rotatable bonds is 3. The minimum Gasteiger partial charge on any atom is -0.371 e. The zero-order valence-electron chi connectivity index (χ0n) is 8.94. The SMILES string of the molecule is NCc1ccc(F)c(NC2C(=O)C(=O)C2N)c1. The van der Waals surface area contributed by atoms with Crippen molar-refractivity contribution >= 4 is 17.3 Å². The van der Waals surface area contributed by atoms with Crippen LogP contribution in [-0.4, -0.2) is 23.7 Å². The van der Waals surface area contributed by atoms with Crippen molar-refractivity contribution in [2.75, 3.05) is 5.32 Å². The molecule has 0 aromatic heterocycles. The van der Waals surface area contributed by atoms with E-state index in [-0.39, 0.29) is 12.2 Å². The zero-order chi connectivity index (χ0) is 12.6. The maximum absolute atomic E-state index is 13.4. The fraction of sp³-hybridized carbons (Fsp3) is 0.273. The summed E-state index contributed by atoms with van der Waals surface area (Å²) in [5.74, 6) is -1.76. The van der Waals surface area contributed by atoms with Gasteiger partial charge in [0.2, 0.25) is 11.6 Å². The van der Waals surface area contributed by atoms with E-state index in [1.54, 1.807) is 6.07 Å². The molecule has 90 valence electrons. The lowest BCUT2D eigenvalue weighted by molar-refractivity contribution is -0.144. The van der Waals surface area contributed by atoms with Crippen molar-refractivity contribution in [3.05, 3.63) is 29.6 Å². The Morgan fingerprint density at radius 3 is 2.59 bits per heavy atom. The number of ketones is 2. The van der Waals surface area contributed by atoms with E-state index < -0.39 is 29.5 Å². The summed E-state index contributed by atoms with van der Waals surface area (Å²) in [7, 11) is 0. The topological polar surface area (TPSA) is 98.2 Å². The molecule has 5 nitrogen and oxygen atoms in total. The van der Waals surface area contributed by atoms with Gasteiger partial charge < -0.3 is 16.8 Å². The summed E-state index contributed by atoms with van der Waals surface area (Å²) in [5.41, 5.74) is 11.7. The highest BCUT2D eigenvalue weighted by molar-refractivity contribution is 6.49. The molecule has 1 aromatic carbocycles. The van der Waals surface area contributed by atoms with Crippen LogP contribution in [0.1, 0.15) is 5.56 Å². The molecule has 0 aliphatic heterocycles. The maximum Gasteiger partial charge on any atom is 0.224 e. The molecule has 1 aliphatic carbocycles. The first-order valence-electron chi connectivity index (χ1n) is 5.13. The average Bonchev–Trinajstić information content (AvgIpc) is 2.36. The van der Waals surface area contributed by atoms with Gasteiger partial charge in [0.05, 0.1) is 11.7 Å². The number of Topliss-reactive ketones (excluding diaryl/α,β-unsaturated/α-hetero) is 2. The van der Waals surface area contributed by atoms with Crippen molar-refractivity contribution in [1.29, 1.82) is 0 Å². The van der Waals surface area contributed by atoms with E-state index in [4.69, 9.17) is 11.5 Å². The predicted octanol–water partition coefficient (Wildman–Crippen LogP) is -0.456. The molecule has 0 amide bonds. The van der Waals surface area contributed by atoms with Gasteiger partial charge in [-0.3, -0.25) is 9.59 Å². The van der Waals surface area contributed by atoms with Crippen LogP contribution in [0.2, 0.25) is 0 Å². The summed E-state index contributed by atoms with van der Waals surface area (Å²) in [4.78, 5) is 22.1. The van der Waals surface area contributed by atoms with Gasteiger partial charge in [-0.25, -0.2) is 4.39 Å². The van der Waals surface area contributed by atoms with Crippen LogP contribution in [0.4, 0.5) is 10.1 Å². The molecule has 2 rings (SSSR count). The zero-order valence-corrected chi connectivity index (χ0v) is 8.94. The third-order valence-electron chi connectivity index (χ3n) is 2.76. The molecule has 6 heteroatoms. The van der Waals surface area contributed by atoms with E-state index in [2.05, 4.69) is 5.32 Å². The number of benzene rings is 1.